The van der Waals surface area contributed by atoms with Crippen molar-refractivity contribution in [2.45, 2.75) is 31.0 Å². The van der Waals surface area contributed by atoms with E-state index < -0.39 is 12.3 Å². The van der Waals surface area contributed by atoms with Crippen molar-refractivity contribution in [3.63, 3.8) is 0 Å². The highest BCUT2D eigenvalue weighted by Gasteiger charge is 2.35. The fraction of sp³-hybridized carbons (Fsp3) is 0.276. The SMILES string of the molecule is CN1CCC(c2ccc(-c3cc4c(s3)C(O)N(C(C(=O)Nc3nccs3)c3ccccc3)C=N4)cc2)CC1. The monoisotopic (exact) mass is 543 g/mol. The maximum atomic E-state index is 13.4. The van der Waals surface area contributed by atoms with Gasteiger partial charge in [0.05, 0.1) is 16.9 Å². The van der Waals surface area contributed by atoms with Crippen molar-refractivity contribution in [3.8, 4) is 10.4 Å². The Morgan fingerprint density at radius 2 is 1.87 bits per heavy atom. The number of aliphatic hydroxyl groups is 1. The number of benzene rings is 2. The molecule has 2 aromatic carbocycles. The molecule has 4 heterocycles. The maximum absolute atomic E-state index is 13.4. The minimum absolute atomic E-state index is 0.277. The number of hydrogen-bond acceptors (Lipinski definition) is 8. The molecule has 7 nitrogen and oxygen atoms in total. The molecule has 0 bridgehead atoms. The van der Waals surface area contributed by atoms with E-state index >= 15 is 0 Å². The van der Waals surface area contributed by atoms with Crippen LogP contribution in [0.3, 0.4) is 0 Å². The highest BCUT2D eigenvalue weighted by atomic mass is 32.1. The van der Waals surface area contributed by atoms with E-state index in [2.05, 4.69) is 51.5 Å². The lowest BCUT2D eigenvalue weighted by Crippen LogP contribution is -2.39. The fourth-order valence-electron chi connectivity index (χ4n) is 5.17. The summed E-state index contributed by atoms with van der Waals surface area (Å²) in [6, 6.07) is 19.5. The number of fused-ring (bicyclic) bond motifs is 1. The van der Waals surface area contributed by atoms with Crippen molar-refractivity contribution < 1.29 is 9.90 Å². The van der Waals surface area contributed by atoms with Gasteiger partial charge in [-0.3, -0.25) is 10.1 Å². The van der Waals surface area contributed by atoms with E-state index in [0.717, 1.165) is 39.7 Å². The number of hydrogen-bond donors (Lipinski definition) is 2. The van der Waals surface area contributed by atoms with Crippen LogP contribution in [0.15, 0.2) is 77.2 Å². The van der Waals surface area contributed by atoms with Crippen LogP contribution in [0.25, 0.3) is 10.4 Å². The van der Waals surface area contributed by atoms with Crippen LogP contribution in [0.4, 0.5) is 10.8 Å². The molecule has 2 unspecified atom stereocenters. The van der Waals surface area contributed by atoms with Gasteiger partial charge in [0.15, 0.2) is 11.4 Å². The van der Waals surface area contributed by atoms with Crippen LogP contribution in [0, 0.1) is 0 Å². The zero-order valence-electron chi connectivity index (χ0n) is 21.0. The number of carbonyl (C=O) groups is 1. The first-order chi connectivity index (χ1) is 18.6. The number of aromatic nitrogens is 1. The average molecular weight is 544 g/mol. The lowest BCUT2D eigenvalue weighted by molar-refractivity contribution is -0.123. The minimum Gasteiger partial charge on any atom is -0.368 e. The summed E-state index contributed by atoms with van der Waals surface area (Å²) in [5, 5.41) is 16.7. The van der Waals surface area contributed by atoms with Crippen LogP contribution in [0.5, 0.6) is 0 Å². The van der Waals surface area contributed by atoms with Crippen LogP contribution in [-0.4, -0.2) is 52.3 Å². The molecule has 1 saturated heterocycles. The number of thiophene rings is 1. The normalized spacial score (nSPS) is 18.8. The zero-order chi connectivity index (χ0) is 26.1. The molecule has 4 aromatic rings. The number of piperidine rings is 1. The summed E-state index contributed by atoms with van der Waals surface area (Å²) in [5.74, 6) is 0.337. The standard InChI is InChI=1S/C29H29N5O2S2/c1-33-14-11-20(12-15-33)19-7-9-21(10-8-19)24-17-23-26(38-24)28(36)34(18-31-23)25(22-5-3-2-4-6-22)27(35)32-29-30-13-16-37-29/h2-10,13,16-18,20,25,28,36H,11-12,14-15H2,1H3,(H,30,32,35). The average Bonchev–Trinajstić information content (AvgIpc) is 3.62. The van der Waals surface area contributed by atoms with Crippen molar-refractivity contribution >= 4 is 45.7 Å². The molecule has 2 aliphatic rings. The predicted molar refractivity (Wildman–Crippen MR) is 154 cm³/mol. The molecule has 2 N–H and O–H groups in total. The molecule has 2 aromatic heterocycles. The molecule has 2 aliphatic heterocycles. The highest BCUT2D eigenvalue weighted by Crippen LogP contribution is 2.45. The Morgan fingerprint density at radius 3 is 2.58 bits per heavy atom. The summed E-state index contributed by atoms with van der Waals surface area (Å²) in [6.45, 7) is 2.28. The molecule has 2 atom stereocenters. The van der Waals surface area contributed by atoms with Crippen LogP contribution < -0.4 is 5.32 Å². The lowest BCUT2D eigenvalue weighted by atomic mass is 9.89. The van der Waals surface area contributed by atoms with E-state index in [-0.39, 0.29) is 5.91 Å². The Hall–Kier alpha value is -3.37. The van der Waals surface area contributed by atoms with E-state index in [4.69, 9.17) is 0 Å². The number of amides is 1. The Kier molecular flexibility index (Phi) is 7.08. The molecule has 1 amide bonds. The van der Waals surface area contributed by atoms with Crippen molar-refractivity contribution in [2.24, 2.45) is 4.99 Å². The van der Waals surface area contributed by atoms with Gasteiger partial charge in [0, 0.05) is 16.5 Å². The highest BCUT2D eigenvalue weighted by molar-refractivity contribution is 7.16. The van der Waals surface area contributed by atoms with E-state index in [1.807, 2.05) is 41.8 Å². The number of carbonyl (C=O) groups excluding carboxylic acids is 1. The van der Waals surface area contributed by atoms with Gasteiger partial charge in [-0.2, -0.15) is 0 Å². The Balaban J connectivity index is 1.25. The van der Waals surface area contributed by atoms with Crippen LogP contribution in [-0.2, 0) is 4.79 Å². The Bertz CT molecular complexity index is 1410. The molecule has 0 spiro atoms. The van der Waals surface area contributed by atoms with Gasteiger partial charge in [0.1, 0.15) is 6.04 Å². The van der Waals surface area contributed by atoms with Crippen molar-refractivity contribution in [1.29, 1.82) is 0 Å². The van der Waals surface area contributed by atoms with Crippen molar-refractivity contribution in [1.82, 2.24) is 14.8 Å². The summed E-state index contributed by atoms with van der Waals surface area (Å²) in [7, 11) is 2.19. The van der Waals surface area contributed by atoms with Crippen LogP contribution in [0.2, 0.25) is 0 Å². The van der Waals surface area contributed by atoms with Crippen molar-refractivity contribution in [2.75, 3.05) is 25.5 Å². The number of nitrogens with one attached hydrogen (secondary N) is 1. The maximum Gasteiger partial charge on any atom is 0.253 e. The molecular weight excluding hydrogens is 514 g/mol. The first-order valence-electron chi connectivity index (χ1n) is 12.7. The molecule has 9 heteroatoms. The summed E-state index contributed by atoms with van der Waals surface area (Å²) < 4.78 is 0. The number of aliphatic imine (C=N–C) groups is 1. The van der Waals surface area contributed by atoms with Gasteiger partial charge >= 0.3 is 0 Å². The lowest BCUT2D eigenvalue weighted by Gasteiger charge is -2.34. The predicted octanol–water partition coefficient (Wildman–Crippen LogP) is 6.03. The molecule has 6 rings (SSSR count). The first kappa shape index (κ1) is 24.9. The zero-order valence-corrected chi connectivity index (χ0v) is 22.7. The van der Waals surface area contributed by atoms with Gasteiger partial charge in [0.25, 0.3) is 5.91 Å². The number of thiazole rings is 1. The van der Waals surface area contributed by atoms with Gasteiger partial charge in [-0.25, -0.2) is 9.98 Å². The molecule has 194 valence electrons. The summed E-state index contributed by atoms with van der Waals surface area (Å²) in [5.41, 5.74) is 4.00. The van der Waals surface area contributed by atoms with Gasteiger partial charge < -0.3 is 14.9 Å². The van der Waals surface area contributed by atoms with Gasteiger partial charge in [-0.1, -0.05) is 54.6 Å². The van der Waals surface area contributed by atoms with Gasteiger partial charge in [-0.05, 0) is 61.7 Å². The second-order valence-electron chi connectivity index (χ2n) is 9.76. The van der Waals surface area contributed by atoms with Crippen LogP contribution in [0.1, 0.15) is 47.0 Å². The molecule has 0 radical (unpaired) electrons. The summed E-state index contributed by atoms with van der Waals surface area (Å²) >= 11 is 2.87. The Morgan fingerprint density at radius 1 is 1.11 bits per heavy atom. The third-order valence-electron chi connectivity index (χ3n) is 7.30. The molecule has 0 saturated carbocycles. The topological polar surface area (TPSA) is 81.1 Å². The first-order valence-corrected chi connectivity index (χ1v) is 14.4. The smallest absolute Gasteiger partial charge is 0.253 e. The van der Waals surface area contributed by atoms with E-state index in [1.165, 1.54) is 41.1 Å². The van der Waals surface area contributed by atoms with Crippen LogP contribution >= 0.6 is 22.7 Å². The summed E-state index contributed by atoms with van der Waals surface area (Å²) in [4.78, 5) is 28.0. The molecular formula is C29H29N5O2S2. The number of aliphatic hydroxyl groups excluding tert-OH is 1. The van der Waals surface area contributed by atoms with E-state index in [0.29, 0.717) is 11.0 Å². The quantitative estimate of drug-likeness (QED) is 0.311. The number of anilines is 1. The van der Waals surface area contributed by atoms with Crippen molar-refractivity contribution in [3.05, 3.63) is 88.2 Å². The van der Waals surface area contributed by atoms with Gasteiger partial charge in [0.2, 0.25) is 0 Å². The minimum atomic E-state index is -1.01. The Labute approximate surface area is 230 Å². The number of nitrogens with zero attached hydrogens (tertiary/aromatic N) is 4. The van der Waals surface area contributed by atoms with Gasteiger partial charge in [-0.15, -0.1) is 22.7 Å². The molecule has 38 heavy (non-hydrogen) atoms. The molecule has 0 aliphatic carbocycles. The number of likely N-dealkylation sites (tertiary alicyclic amines) is 1. The fourth-order valence-corrected chi connectivity index (χ4v) is 6.81. The van der Waals surface area contributed by atoms with E-state index in [1.54, 1.807) is 17.4 Å². The van der Waals surface area contributed by atoms with E-state index in [9.17, 15) is 9.90 Å². The second-order valence-corrected chi connectivity index (χ2v) is 11.7. The largest absolute Gasteiger partial charge is 0.368 e. The number of rotatable bonds is 6. The summed E-state index contributed by atoms with van der Waals surface area (Å²) in [6.07, 6.45) is 4.60. The molecule has 1 fully saturated rings. The third-order valence-corrected chi connectivity index (χ3v) is 9.20. The second kappa shape index (κ2) is 10.8. The third kappa shape index (κ3) is 5.02.